The molecule has 2 rings (SSSR count). The van der Waals surface area contributed by atoms with Crippen molar-refractivity contribution in [2.45, 2.75) is 45.4 Å². The monoisotopic (exact) mass is 224 g/mol. The zero-order valence-corrected chi connectivity index (χ0v) is 9.56. The number of hydrogen-bond acceptors (Lipinski definition) is 4. The summed E-state index contributed by atoms with van der Waals surface area (Å²) in [6.07, 6.45) is 2.33. The van der Waals surface area contributed by atoms with Crippen LogP contribution in [0, 0.1) is 5.41 Å². The van der Waals surface area contributed by atoms with Gasteiger partial charge in [-0.25, -0.2) is 0 Å². The first-order chi connectivity index (χ1) is 7.49. The van der Waals surface area contributed by atoms with Gasteiger partial charge in [0.2, 0.25) is 11.8 Å². The summed E-state index contributed by atoms with van der Waals surface area (Å²) in [5, 5.41) is 16.4. The molecule has 5 heteroatoms. The van der Waals surface area contributed by atoms with Gasteiger partial charge in [0.25, 0.3) is 0 Å². The van der Waals surface area contributed by atoms with Gasteiger partial charge in [-0.05, 0) is 18.3 Å². The molecule has 0 aliphatic heterocycles. The number of aliphatic carboxylic acids is 1. The Hall–Kier alpha value is -1.39. The Morgan fingerprint density at radius 3 is 2.81 bits per heavy atom. The van der Waals surface area contributed by atoms with Gasteiger partial charge in [0, 0.05) is 18.8 Å². The zero-order chi connectivity index (χ0) is 11.8. The minimum Gasteiger partial charge on any atom is -0.481 e. The second kappa shape index (κ2) is 3.88. The smallest absolute Gasteiger partial charge is 0.303 e. The molecular weight excluding hydrogens is 208 g/mol. The maximum atomic E-state index is 10.3. The van der Waals surface area contributed by atoms with E-state index < -0.39 is 5.97 Å². The predicted molar refractivity (Wildman–Crippen MR) is 56.0 cm³/mol. The van der Waals surface area contributed by atoms with E-state index in [9.17, 15) is 4.79 Å². The molecule has 5 nitrogen and oxygen atoms in total. The molecule has 88 valence electrons. The average molecular weight is 224 g/mol. The highest BCUT2D eigenvalue weighted by Gasteiger charge is 2.50. The minimum atomic E-state index is -0.789. The lowest BCUT2D eigenvalue weighted by molar-refractivity contribution is -0.137. The molecule has 1 heterocycles. The number of carboxylic acids is 1. The number of nitrogens with zero attached hydrogens (tertiary/aromatic N) is 2. The molecule has 1 aliphatic rings. The van der Waals surface area contributed by atoms with Crippen molar-refractivity contribution in [1.82, 2.24) is 10.2 Å². The van der Waals surface area contributed by atoms with Crippen molar-refractivity contribution in [3.8, 4) is 0 Å². The molecule has 1 unspecified atom stereocenters. The Kier molecular flexibility index (Phi) is 2.69. The van der Waals surface area contributed by atoms with Crippen molar-refractivity contribution < 1.29 is 14.3 Å². The van der Waals surface area contributed by atoms with E-state index in [2.05, 4.69) is 24.0 Å². The van der Waals surface area contributed by atoms with Gasteiger partial charge < -0.3 is 9.52 Å². The van der Waals surface area contributed by atoms with Crippen molar-refractivity contribution in [2.24, 2.45) is 5.41 Å². The second-order valence-corrected chi connectivity index (χ2v) is 5.03. The molecule has 0 saturated heterocycles. The van der Waals surface area contributed by atoms with Crippen LogP contribution in [0.4, 0.5) is 0 Å². The number of carboxylic acid groups (broad SMARTS) is 1. The first-order valence-electron chi connectivity index (χ1n) is 5.53. The van der Waals surface area contributed by atoms with E-state index in [1.165, 1.54) is 0 Å². The lowest BCUT2D eigenvalue weighted by Crippen LogP contribution is -1.95. The van der Waals surface area contributed by atoms with Crippen LogP contribution in [-0.2, 0) is 11.2 Å². The van der Waals surface area contributed by atoms with Gasteiger partial charge in [0.05, 0.1) is 0 Å². The molecule has 1 aromatic heterocycles. The van der Waals surface area contributed by atoms with Crippen molar-refractivity contribution in [3.63, 3.8) is 0 Å². The van der Waals surface area contributed by atoms with Crippen LogP contribution in [0.1, 0.15) is 50.8 Å². The van der Waals surface area contributed by atoms with Crippen molar-refractivity contribution >= 4 is 5.97 Å². The summed E-state index contributed by atoms with van der Waals surface area (Å²) in [6, 6.07) is 0. The number of rotatable bonds is 5. The Bertz CT molecular complexity index is 398. The summed E-state index contributed by atoms with van der Waals surface area (Å²) in [5.74, 6) is 0.852. The molecule has 1 saturated carbocycles. The maximum absolute atomic E-state index is 10.3. The fourth-order valence-corrected chi connectivity index (χ4v) is 1.79. The van der Waals surface area contributed by atoms with Crippen molar-refractivity contribution in [3.05, 3.63) is 11.8 Å². The van der Waals surface area contributed by atoms with Crippen molar-refractivity contribution in [2.75, 3.05) is 0 Å². The predicted octanol–water partition coefficient (Wildman–Crippen LogP) is 1.99. The van der Waals surface area contributed by atoms with Crippen LogP contribution in [0.25, 0.3) is 0 Å². The summed E-state index contributed by atoms with van der Waals surface area (Å²) in [7, 11) is 0. The van der Waals surface area contributed by atoms with Crippen LogP contribution in [0.3, 0.4) is 0 Å². The number of aryl methyl sites for hydroxylation is 1. The van der Waals surface area contributed by atoms with Crippen LogP contribution in [0.2, 0.25) is 0 Å². The quantitative estimate of drug-likeness (QED) is 0.827. The number of aromatic nitrogens is 2. The van der Waals surface area contributed by atoms with Crippen LogP contribution < -0.4 is 0 Å². The summed E-state index contributed by atoms with van der Waals surface area (Å²) in [5.41, 5.74) is 0.283. The van der Waals surface area contributed by atoms with Crippen LogP contribution in [0.5, 0.6) is 0 Å². The van der Waals surface area contributed by atoms with E-state index in [1.54, 1.807) is 0 Å². The Morgan fingerprint density at radius 2 is 2.25 bits per heavy atom. The molecule has 1 N–H and O–H groups in total. The van der Waals surface area contributed by atoms with Crippen LogP contribution >= 0.6 is 0 Å². The Morgan fingerprint density at radius 1 is 1.56 bits per heavy atom. The lowest BCUT2D eigenvalue weighted by Gasteiger charge is -1.96. The first kappa shape index (κ1) is 11.1. The second-order valence-electron chi connectivity index (χ2n) is 5.03. The third kappa shape index (κ3) is 2.40. The van der Waals surface area contributed by atoms with E-state index in [1.807, 2.05) is 0 Å². The topological polar surface area (TPSA) is 76.2 Å². The largest absolute Gasteiger partial charge is 0.481 e. The SMILES string of the molecule is CC1(C)CC1c1nnc(CCCC(=O)O)o1. The summed E-state index contributed by atoms with van der Waals surface area (Å²) < 4.78 is 5.51. The Labute approximate surface area is 93.9 Å². The molecule has 0 aromatic carbocycles. The summed E-state index contributed by atoms with van der Waals surface area (Å²) in [4.78, 5) is 10.3. The van der Waals surface area contributed by atoms with E-state index in [0.29, 0.717) is 30.5 Å². The average Bonchev–Trinajstić information content (AvgIpc) is 2.60. The van der Waals surface area contributed by atoms with E-state index in [-0.39, 0.29) is 11.8 Å². The van der Waals surface area contributed by atoms with Gasteiger partial charge in [-0.2, -0.15) is 0 Å². The molecule has 1 aromatic rings. The molecule has 0 bridgehead atoms. The van der Waals surface area contributed by atoms with Gasteiger partial charge in [-0.15, -0.1) is 10.2 Å². The van der Waals surface area contributed by atoms with Gasteiger partial charge in [0.15, 0.2) is 0 Å². The first-order valence-corrected chi connectivity index (χ1v) is 5.53. The number of hydrogen-bond donors (Lipinski definition) is 1. The molecular formula is C11H16N2O3. The lowest BCUT2D eigenvalue weighted by atomic mass is 10.1. The fourth-order valence-electron chi connectivity index (χ4n) is 1.79. The standard InChI is InChI=1S/C11H16N2O3/c1-11(2)6-7(11)10-13-12-8(16-10)4-3-5-9(14)15/h7H,3-6H2,1-2H3,(H,14,15). The molecule has 16 heavy (non-hydrogen) atoms. The zero-order valence-electron chi connectivity index (χ0n) is 9.56. The van der Waals surface area contributed by atoms with E-state index in [0.717, 1.165) is 6.42 Å². The molecule has 0 spiro atoms. The summed E-state index contributed by atoms with van der Waals surface area (Å²) >= 11 is 0. The van der Waals surface area contributed by atoms with Gasteiger partial charge in [-0.3, -0.25) is 4.79 Å². The van der Waals surface area contributed by atoms with Gasteiger partial charge >= 0.3 is 5.97 Å². The van der Waals surface area contributed by atoms with Gasteiger partial charge in [-0.1, -0.05) is 13.8 Å². The molecule has 1 fully saturated rings. The molecule has 0 amide bonds. The van der Waals surface area contributed by atoms with E-state index >= 15 is 0 Å². The molecule has 0 radical (unpaired) electrons. The maximum Gasteiger partial charge on any atom is 0.303 e. The molecule has 1 atom stereocenters. The third-order valence-corrected chi connectivity index (χ3v) is 3.08. The van der Waals surface area contributed by atoms with Crippen LogP contribution in [0.15, 0.2) is 4.42 Å². The highest BCUT2D eigenvalue weighted by Crippen LogP contribution is 2.58. The highest BCUT2D eigenvalue weighted by molar-refractivity contribution is 5.66. The third-order valence-electron chi connectivity index (χ3n) is 3.08. The van der Waals surface area contributed by atoms with Crippen LogP contribution in [-0.4, -0.2) is 21.3 Å². The van der Waals surface area contributed by atoms with E-state index in [4.69, 9.17) is 9.52 Å². The van der Waals surface area contributed by atoms with Crippen molar-refractivity contribution in [1.29, 1.82) is 0 Å². The Balaban J connectivity index is 1.86. The minimum absolute atomic E-state index is 0.145. The highest BCUT2D eigenvalue weighted by atomic mass is 16.4. The fraction of sp³-hybridized carbons (Fsp3) is 0.727. The van der Waals surface area contributed by atoms with Gasteiger partial charge in [0.1, 0.15) is 0 Å². The normalized spacial score (nSPS) is 22.0. The summed E-state index contributed by atoms with van der Waals surface area (Å²) in [6.45, 7) is 4.35. The number of carbonyl (C=O) groups is 1. The molecule has 1 aliphatic carbocycles.